The third-order valence-electron chi connectivity index (χ3n) is 2.43. The Labute approximate surface area is 94.0 Å². The molecular weight excluding hydrogens is 206 g/mol. The largest absolute Gasteiger partial charge is 0.496 e. The van der Waals surface area contributed by atoms with E-state index < -0.39 is 0 Å². The molecule has 0 unspecified atom stereocenters. The zero-order valence-corrected chi connectivity index (χ0v) is 9.86. The molecule has 2 nitrogen and oxygen atoms in total. The van der Waals surface area contributed by atoms with Crippen LogP contribution in [0.4, 0.5) is 0 Å². The average Bonchev–Trinajstić information content (AvgIpc) is 2.69. The lowest BCUT2D eigenvalue weighted by Gasteiger charge is -2.03. The van der Waals surface area contributed by atoms with E-state index in [-0.39, 0.29) is 0 Å². The summed E-state index contributed by atoms with van der Waals surface area (Å²) < 4.78 is 5.38. The first-order chi connectivity index (χ1) is 7.36. The molecule has 3 heteroatoms. The predicted octanol–water partition coefficient (Wildman–Crippen LogP) is 3.43. The Bertz CT molecular complexity index is 450. The van der Waals surface area contributed by atoms with Gasteiger partial charge in [-0.2, -0.15) is 11.8 Å². The standard InChI is InChI=1S/C12H15NOS/c1-3-15-8-9-7-13-10-5-4-6-11(14-2)12(9)10/h4-7,13H,3,8H2,1-2H3. The van der Waals surface area contributed by atoms with Gasteiger partial charge in [0.1, 0.15) is 5.75 Å². The van der Waals surface area contributed by atoms with Crippen molar-refractivity contribution >= 4 is 22.7 Å². The summed E-state index contributed by atoms with van der Waals surface area (Å²) in [5.41, 5.74) is 2.48. The maximum atomic E-state index is 5.38. The van der Waals surface area contributed by atoms with Crippen LogP contribution in [-0.2, 0) is 5.75 Å². The highest BCUT2D eigenvalue weighted by molar-refractivity contribution is 7.98. The predicted molar refractivity (Wildman–Crippen MR) is 66.7 cm³/mol. The third kappa shape index (κ3) is 1.97. The smallest absolute Gasteiger partial charge is 0.128 e. The molecule has 1 heterocycles. The molecule has 0 aliphatic rings. The van der Waals surface area contributed by atoms with Crippen LogP contribution >= 0.6 is 11.8 Å². The van der Waals surface area contributed by atoms with E-state index in [0.29, 0.717) is 0 Å². The van der Waals surface area contributed by atoms with Gasteiger partial charge in [0.25, 0.3) is 0 Å². The van der Waals surface area contributed by atoms with Crippen molar-refractivity contribution in [2.45, 2.75) is 12.7 Å². The van der Waals surface area contributed by atoms with Gasteiger partial charge in [0.15, 0.2) is 0 Å². The van der Waals surface area contributed by atoms with Crippen LogP contribution in [0.25, 0.3) is 10.9 Å². The van der Waals surface area contributed by atoms with E-state index in [2.05, 4.69) is 24.2 Å². The average molecular weight is 221 g/mol. The van der Waals surface area contributed by atoms with Crippen molar-refractivity contribution in [2.24, 2.45) is 0 Å². The molecule has 2 aromatic rings. The van der Waals surface area contributed by atoms with E-state index >= 15 is 0 Å². The highest BCUT2D eigenvalue weighted by Gasteiger charge is 2.08. The van der Waals surface area contributed by atoms with Crippen LogP contribution in [0.5, 0.6) is 5.75 Å². The maximum Gasteiger partial charge on any atom is 0.128 e. The monoisotopic (exact) mass is 221 g/mol. The molecule has 0 radical (unpaired) electrons. The van der Waals surface area contributed by atoms with Gasteiger partial charge < -0.3 is 9.72 Å². The number of thioether (sulfide) groups is 1. The second-order valence-electron chi connectivity index (χ2n) is 3.33. The lowest BCUT2D eigenvalue weighted by molar-refractivity contribution is 0.419. The van der Waals surface area contributed by atoms with Crippen molar-refractivity contribution in [1.82, 2.24) is 4.98 Å². The fourth-order valence-electron chi connectivity index (χ4n) is 1.72. The number of hydrogen-bond acceptors (Lipinski definition) is 2. The third-order valence-corrected chi connectivity index (χ3v) is 3.35. The topological polar surface area (TPSA) is 25.0 Å². The molecule has 1 aromatic heterocycles. The van der Waals surface area contributed by atoms with E-state index in [1.54, 1.807) is 7.11 Å². The van der Waals surface area contributed by atoms with Gasteiger partial charge in [0, 0.05) is 22.9 Å². The summed E-state index contributed by atoms with van der Waals surface area (Å²) >= 11 is 1.92. The molecule has 0 bridgehead atoms. The number of rotatable bonds is 4. The lowest BCUT2D eigenvalue weighted by atomic mass is 10.2. The van der Waals surface area contributed by atoms with Crippen molar-refractivity contribution in [1.29, 1.82) is 0 Å². The van der Waals surface area contributed by atoms with Gasteiger partial charge in [0.05, 0.1) is 7.11 Å². The summed E-state index contributed by atoms with van der Waals surface area (Å²) in [6.07, 6.45) is 2.08. The number of H-pyrrole nitrogens is 1. The molecule has 15 heavy (non-hydrogen) atoms. The van der Waals surface area contributed by atoms with Crippen LogP contribution in [0.3, 0.4) is 0 Å². The van der Waals surface area contributed by atoms with Crippen molar-refractivity contribution in [3.05, 3.63) is 30.0 Å². The Morgan fingerprint density at radius 2 is 2.27 bits per heavy atom. The first kappa shape index (κ1) is 10.4. The fraction of sp³-hybridized carbons (Fsp3) is 0.333. The van der Waals surface area contributed by atoms with Gasteiger partial charge in [0.2, 0.25) is 0 Å². The number of hydrogen-bond donors (Lipinski definition) is 1. The van der Waals surface area contributed by atoms with Crippen molar-refractivity contribution in [3.8, 4) is 5.75 Å². The first-order valence-corrected chi connectivity index (χ1v) is 6.23. The van der Waals surface area contributed by atoms with Gasteiger partial charge in [-0.3, -0.25) is 0 Å². The van der Waals surface area contributed by atoms with Crippen molar-refractivity contribution < 1.29 is 4.74 Å². The Morgan fingerprint density at radius 3 is 3.00 bits per heavy atom. The van der Waals surface area contributed by atoms with Crippen LogP contribution in [0.2, 0.25) is 0 Å². The molecule has 80 valence electrons. The second-order valence-corrected chi connectivity index (χ2v) is 4.61. The Kier molecular flexibility index (Phi) is 3.21. The number of methoxy groups -OCH3 is 1. The molecule has 2 rings (SSSR count). The molecule has 0 spiro atoms. The van der Waals surface area contributed by atoms with E-state index in [4.69, 9.17) is 4.74 Å². The highest BCUT2D eigenvalue weighted by Crippen LogP contribution is 2.30. The minimum Gasteiger partial charge on any atom is -0.496 e. The summed E-state index contributed by atoms with van der Waals surface area (Å²) in [7, 11) is 1.72. The van der Waals surface area contributed by atoms with Crippen molar-refractivity contribution in [2.75, 3.05) is 12.9 Å². The Morgan fingerprint density at radius 1 is 1.40 bits per heavy atom. The van der Waals surface area contributed by atoms with E-state index in [1.165, 1.54) is 10.9 Å². The molecule has 0 fully saturated rings. The molecular formula is C12H15NOS. The van der Waals surface area contributed by atoms with E-state index in [9.17, 15) is 0 Å². The molecule has 0 atom stereocenters. The van der Waals surface area contributed by atoms with Crippen LogP contribution in [-0.4, -0.2) is 17.8 Å². The molecule has 1 N–H and O–H groups in total. The number of aromatic amines is 1. The number of ether oxygens (including phenoxy) is 1. The van der Waals surface area contributed by atoms with Crippen molar-refractivity contribution in [3.63, 3.8) is 0 Å². The quantitative estimate of drug-likeness (QED) is 0.855. The molecule has 0 amide bonds. The van der Waals surface area contributed by atoms with E-state index in [1.807, 2.05) is 23.9 Å². The minimum absolute atomic E-state index is 0.959. The van der Waals surface area contributed by atoms with E-state index in [0.717, 1.165) is 22.8 Å². The van der Waals surface area contributed by atoms with Crippen LogP contribution < -0.4 is 4.74 Å². The molecule has 0 aliphatic carbocycles. The number of benzene rings is 1. The maximum absolute atomic E-state index is 5.38. The summed E-state index contributed by atoms with van der Waals surface area (Å²) in [6, 6.07) is 6.10. The van der Waals surface area contributed by atoms with Gasteiger partial charge in [-0.1, -0.05) is 13.0 Å². The lowest BCUT2D eigenvalue weighted by Crippen LogP contribution is -1.85. The zero-order valence-electron chi connectivity index (χ0n) is 9.04. The highest BCUT2D eigenvalue weighted by atomic mass is 32.2. The summed E-state index contributed by atoms with van der Waals surface area (Å²) in [5.74, 6) is 3.14. The SMILES string of the molecule is CCSCc1c[nH]c2cccc(OC)c12. The fourth-order valence-corrected chi connectivity index (χ4v) is 2.37. The summed E-state index contributed by atoms with van der Waals surface area (Å²) in [4.78, 5) is 3.28. The first-order valence-electron chi connectivity index (χ1n) is 5.07. The summed E-state index contributed by atoms with van der Waals surface area (Å²) in [6.45, 7) is 2.18. The van der Waals surface area contributed by atoms with Gasteiger partial charge in [-0.05, 0) is 23.4 Å². The van der Waals surface area contributed by atoms with Crippen LogP contribution in [0.1, 0.15) is 12.5 Å². The molecule has 0 saturated heterocycles. The molecule has 1 aromatic carbocycles. The molecule has 0 aliphatic heterocycles. The van der Waals surface area contributed by atoms with Gasteiger partial charge >= 0.3 is 0 Å². The molecule has 0 saturated carbocycles. The van der Waals surface area contributed by atoms with Gasteiger partial charge in [-0.25, -0.2) is 0 Å². The Balaban J connectivity index is 2.46. The number of aromatic nitrogens is 1. The summed E-state index contributed by atoms with van der Waals surface area (Å²) in [5, 5.41) is 1.22. The number of nitrogens with one attached hydrogen (secondary N) is 1. The zero-order chi connectivity index (χ0) is 10.7. The second kappa shape index (κ2) is 4.62. The van der Waals surface area contributed by atoms with Crippen LogP contribution in [0, 0.1) is 0 Å². The minimum atomic E-state index is 0.959. The Hall–Kier alpha value is -1.09. The van der Waals surface area contributed by atoms with Gasteiger partial charge in [-0.15, -0.1) is 0 Å². The normalized spacial score (nSPS) is 10.8. The van der Waals surface area contributed by atoms with Crippen LogP contribution in [0.15, 0.2) is 24.4 Å². The number of fused-ring (bicyclic) bond motifs is 1.